The Morgan fingerprint density at radius 1 is 1.08 bits per heavy atom. The van der Waals surface area contributed by atoms with Gasteiger partial charge in [-0.2, -0.15) is 10.2 Å². The molecule has 0 aliphatic carbocycles. The van der Waals surface area contributed by atoms with Crippen molar-refractivity contribution in [2.45, 2.75) is 59.9 Å². The van der Waals surface area contributed by atoms with Crippen LogP contribution < -0.4 is 10.2 Å². The van der Waals surface area contributed by atoms with E-state index in [2.05, 4.69) is 10.4 Å². The number of nitrogens with one attached hydrogen (secondary N) is 1. The lowest BCUT2D eigenvalue weighted by atomic mass is 9.92. The third-order valence-electron chi connectivity index (χ3n) is 6.60. The maximum Gasteiger partial charge on any atom is 0.317 e. The van der Waals surface area contributed by atoms with Gasteiger partial charge < -0.3 is 15.1 Å². The summed E-state index contributed by atoms with van der Waals surface area (Å²) in [6.07, 6.45) is 3.17. The van der Waals surface area contributed by atoms with E-state index in [1.807, 2.05) is 50.4 Å². The van der Waals surface area contributed by atoms with Gasteiger partial charge in [0.25, 0.3) is 6.43 Å². The molecule has 2 amide bonds. The standard InChI is InChI=1S/C23H27F2N7O.2C2H6/c1-26-23(33)31-8-6-19-18(13-31)22(28-30(19)3)32-7-4-5-14-9-16(15-11-27-29(2)12-15)17(21(24)25)10-20(14)32;2*1-2/h9-12,21H,4-8,13H2,1-3H3,(H,26,33);2*1-2H3. The van der Waals surface area contributed by atoms with E-state index >= 15 is 0 Å². The SMILES string of the molecule is CC.CC.CNC(=O)N1CCc2c(c(N3CCCc4cc(-c5cnn(C)c5)c(C(F)F)cc43)nn2C)C1. The number of fused-ring (bicyclic) bond motifs is 2. The molecular weight excluding hydrogens is 476 g/mol. The number of hydrogen-bond acceptors (Lipinski definition) is 4. The molecule has 5 rings (SSSR count). The number of carbonyl (C=O) groups excluding carboxylic acids is 1. The number of urea groups is 1. The molecule has 2 aliphatic heterocycles. The number of aromatic nitrogens is 4. The van der Waals surface area contributed by atoms with E-state index in [1.165, 1.54) is 0 Å². The number of rotatable bonds is 3. The van der Waals surface area contributed by atoms with Crippen molar-refractivity contribution in [1.82, 2.24) is 29.8 Å². The molecule has 0 fully saturated rings. The Morgan fingerprint density at radius 2 is 1.81 bits per heavy atom. The van der Waals surface area contributed by atoms with Crippen LogP contribution in [-0.4, -0.2) is 50.6 Å². The summed E-state index contributed by atoms with van der Waals surface area (Å²) in [6, 6.07) is 3.37. The van der Waals surface area contributed by atoms with Crippen molar-refractivity contribution >= 4 is 17.5 Å². The van der Waals surface area contributed by atoms with Crippen LogP contribution in [0, 0.1) is 0 Å². The van der Waals surface area contributed by atoms with Gasteiger partial charge in [-0.1, -0.05) is 27.7 Å². The fourth-order valence-electron chi connectivity index (χ4n) is 4.98. The number of anilines is 2. The van der Waals surface area contributed by atoms with Gasteiger partial charge in [0.05, 0.1) is 12.7 Å². The second-order valence-corrected chi connectivity index (χ2v) is 8.63. The van der Waals surface area contributed by atoms with Gasteiger partial charge in [0.15, 0.2) is 5.82 Å². The molecule has 2 aliphatic rings. The topological polar surface area (TPSA) is 71.2 Å². The van der Waals surface area contributed by atoms with Gasteiger partial charge >= 0.3 is 6.03 Å². The molecule has 0 spiro atoms. The maximum atomic E-state index is 14.2. The van der Waals surface area contributed by atoms with E-state index in [-0.39, 0.29) is 11.6 Å². The first-order valence-electron chi connectivity index (χ1n) is 13.1. The number of carbonyl (C=O) groups is 1. The molecule has 3 aromatic rings. The molecule has 0 unspecified atom stereocenters. The first-order valence-corrected chi connectivity index (χ1v) is 13.1. The average Bonchev–Trinajstić information content (AvgIpc) is 3.51. The monoisotopic (exact) mass is 515 g/mol. The Labute approximate surface area is 218 Å². The second kappa shape index (κ2) is 12.2. The average molecular weight is 516 g/mol. The lowest BCUT2D eigenvalue weighted by molar-refractivity contribution is 0.152. The molecule has 37 heavy (non-hydrogen) atoms. The van der Waals surface area contributed by atoms with Crippen LogP contribution in [0.2, 0.25) is 0 Å². The zero-order chi connectivity index (χ0) is 27.3. The summed E-state index contributed by atoms with van der Waals surface area (Å²) in [7, 11) is 5.30. The summed E-state index contributed by atoms with van der Waals surface area (Å²) in [5.74, 6) is 0.747. The normalized spacial score (nSPS) is 14.2. The third kappa shape index (κ3) is 5.47. The quantitative estimate of drug-likeness (QED) is 0.494. The van der Waals surface area contributed by atoms with Crippen LogP contribution >= 0.6 is 0 Å². The molecule has 2 aromatic heterocycles. The Kier molecular flexibility index (Phi) is 9.29. The fourth-order valence-corrected chi connectivity index (χ4v) is 4.98. The van der Waals surface area contributed by atoms with Crippen molar-refractivity contribution in [1.29, 1.82) is 0 Å². The van der Waals surface area contributed by atoms with Crippen LogP contribution in [0.15, 0.2) is 24.5 Å². The summed E-state index contributed by atoms with van der Waals surface area (Å²) in [6.45, 7) is 9.75. The van der Waals surface area contributed by atoms with Crippen LogP contribution in [0.25, 0.3) is 11.1 Å². The van der Waals surface area contributed by atoms with E-state index in [4.69, 9.17) is 5.10 Å². The lowest BCUT2D eigenvalue weighted by Gasteiger charge is -2.33. The van der Waals surface area contributed by atoms with E-state index in [0.717, 1.165) is 41.2 Å². The van der Waals surface area contributed by atoms with E-state index in [9.17, 15) is 13.6 Å². The number of hydrogen-bond donors (Lipinski definition) is 1. The highest BCUT2D eigenvalue weighted by molar-refractivity contribution is 5.78. The summed E-state index contributed by atoms with van der Waals surface area (Å²) in [4.78, 5) is 16.1. The van der Waals surface area contributed by atoms with Crippen LogP contribution in [0.1, 0.15) is 62.9 Å². The fraction of sp³-hybridized carbons (Fsp3) is 0.519. The number of benzene rings is 1. The number of nitrogens with zero attached hydrogens (tertiary/aromatic N) is 6. The van der Waals surface area contributed by atoms with Gasteiger partial charge in [0, 0.05) is 74.9 Å². The van der Waals surface area contributed by atoms with Crippen molar-refractivity contribution in [3.63, 3.8) is 0 Å². The van der Waals surface area contributed by atoms with Crippen LogP contribution in [-0.2, 0) is 33.5 Å². The second-order valence-electron chi connectivity index (χ2n) is 8.63. The molecule has 0 atom stereocenters. The van der Waals surface area contributed by atoms with Crippen molar-refractivity contribution in [3.05, 3.63) is 46.9 Å². The van der Waals surface area contributed by atoms with Crippen molar-refractivity contribution in [3.8, 4) is 11.1 Å². The summed E-state index contributed by atoms with van der Waals surface area (Å²) >= 11 is 0. The Morgan fingerprint density at radius 3 is 2.43 bits per heavy atom. The molecule has 10 heteroatoms. The van der Waals surface area contributed by atoms with E-state index in [1.54, 1.807) is 42.1 Å². The summed E-state index contributed by atoms with van der Waals surface area (Å²) in [5.41, 5.74) is 5.04. The highest BCUT2D eigenvalue weighted by atomic mass is 19.3. The molecule has 4 heterocycles. The van der Waals surface area contributed by atoms with Crippen LogP contribution in [0.4, 0.5) is 25.1 Å². The van der Waals surface area contributed by atoms with Crippen LogP contribution in [0.5, 0.6) is 0 Å². The first kappa shape index (κ1) is 28.1. The molecule has 202 valence electrons. The Hall–Kier alpha value is -3.43. The zero-order valence-corrected chi connectivity index (χ0v) is 23.0. The first-order chi connectivity index (χ1) is 17.9. The predicted octanol–water partition coefficient (Wildman–Crippen LogP) is 5.59. The number of amides is 2. The number of alkyl halides is 2. The van der Waals surface area contributed by atoms with Crippen molar-refractivity contribution in [2.75, 3.05) is 25.0 Å². The molecule has 0 radical (unpaired) electrons. The number of halogens is 2. The van der Waals surface area contributed by atoms with Crippen LogP contribution in [0.3, 0.4) is 0 Å². The molecular formula is C27H39F2N7O. The Bertz CT molecular complexity index is 1220. The third-order valence-corrected chi connectivity index (χ3v) is 6.60. The minimum atomic E-state index is -2.62. The van der Waals surface area contributed by atoms with Gasteiger partial charge in [0.1, 0.15) is 0 Å². The van der Waals surface area contributed by atoms with Gasteiger partial charge in [-0.25, -0.2) is 13.6 Å². The van der Waals surface area contributed by atoms with Gasteiger partial charge in [-0.15, -0.1) is 0 Å². The predicted molar refractivity (Wildman–Crippen MR) is 143 cm³/mol. The summed E-state index contributed by atoms with van der Waals surface area (Å²) < 4.78 is 31.8. The van der Waals surface area contributed by atoms with Crippen molar-refractivity contribution in [2.24, 2.45) is 14.1 Å². The van der Waals surface area contributed by atoms with E-state index < -0.39 is 6.43 Å². The van der Waals surface area contributed by atoms with Gasteiger partial charge in [-0.3, -0.25) is 9.36 Å². The van der Waals surface area contributed by atoms with Gasteiger partial charge in [0.2, 0.25) is 0 Å². The molecule has 0 saturated carbocycles. The largest absolute Gasteiger partial charge is 0.341 e. The van der Waals surface area contributed by atoms with E-state index in [0.29, 0.717) is 37.2 Å². The maximum absolute atomic E-state index is 14.2. The minimum absolute atomic E-state index is 0.00886. The van der Waals surface area contributed by atoms with Crippen molar-refractivity contribution < 1.29 is 13.6 Å². The van der Waals surface area contributed by atoms with Gasteiger partial charge in [-0.05, 0) is 36.1 Å². The Balaban J connectivity index is 0.000000907. The molecule has 8 nitrogen and oxygen atoms in total. The highest BCUT2D eigenvalue weighted by Crippen LogP contribution is 2.42. The molecule has 1 aromatic carbocycles. The minimum Gasteiger partial charge on any atom is -0.341 e. The lowest BCUT2D eigenvalue weighted by Crippen LogP contribution is -2.41. The highest BCUT2D eigenvalue weighted by Gasteiger charge is 2.32. The molecule has 1 N–H and O–H groups in total. The summed E-state index contributed by atoms with van der Waals surface area (Å²) in [5, 5.41) is 11.6. The molecule has 0 saturated heterocycles. The number of aryl methyl sites for hydroxylation is 3. The smallest absolute Gasteiger partial charge is 0.317 e. The zero-order valence-electron chi connectivity index (χ0n) is 23.0. The molecule has 0 bridgehead atoms.